The van der Waals surface area contributed by atoms with Gasteiger partial charge in [-0.15, -0.1) is 0 Å². The van der Waals surface area contributed by atoms with Gasteiger partial charge in [-0.25, -0.2) is 0 Å². The molecule has 0 aromatic rings. The van der Waals surface area contributed by atoms with E-state index in [1.165, 1.54) is 22.5 Å². The predicted molar refractivity (Wildman–Crippen MR) is 18.3 cm³/mol. The van der Waals surface area contributed by atoms with E-state index >= 15 is 0 Å². The second-order valence-electron chi connectivity index (χ2n) is 0. The zero-order chi connectivity index (χ0) is 2.00. The number of rotatable bonds is 0. The zero-order valence-electron chi connectivity index (χ0n) is 2.09. The predicted octanol–water partition coefficient (Wildman–Crippen LogP) is -0.593. The molecule has 0 heterocycles. The SMILES string of the molecule is [Fe].[La].[PH2][SbH2]. The second-order valence-corrected chi connectivity index (χ2v) is 0. The van der Waals surface area contributed by atoms with Crippen molar-refractivity contribution in [1.82, 2.24) is 0 Å². The summed E-state index contributed by atoms with van der Waals surface area (Å²) in [6, 6.07) is 0. The number of hydrogen-bond acceptors (Lipinski definition) is 0. The van der Waals surface area contributed by atoms with Crippen LogP contribution in [0.5, 0.6) is 0 Å². The van der Waals surface area contributed by atoms with Crippen LogP contribution in [0.1, 0.15) is 0 Å². The topological polar surface area (TPSA) is 0 Å². The Bertz CT molecular complexity index is 8.00. The zero-order valence-corrected chi connectivity index (χ0v) is 11.3. The van der Waals surface area contributed by atoms with Gasteiger partial charge in [0, 0.05) is 52.7 Å². The van der Waals surface area contributed by atoms with Crippen LogP contribution in [0.2, 0.25) is 0 Å². The third-order valence-corrected chi connectivity index (χ3v) is 0. The maximum atomic E-state index is 2.55. The van der Waals surface area contributed by atoms with Crippen LogP contribution in [0, 0.1) is 35.6 Å². The van der Waals surface area contributed by atoms with Crippen molar-refractivity contribution in [2.45, 2.75) is 0 Å². The van der Waals surface area contributed by atoms with Crippen LogP contribution >= 0.6 is 6.81 Å². The van der Waals surface area contributed by atoms with Crippen molar-refractivity contribution in [2.75, 3.05) is 0 Å². The summed E-state index contributed by atoms with van der Waals surface area (Å²) in [5.74, 6) is 0. The summed E-state index contributed by atoms with van der Waals surface area (Å²) in [5.41, 5.74) is 0. The second kappa shape index (κ2) is 16.7. The average Bonchev–Trinajstić information content (AvgIpc) is 1.00. The molecule has 0 rings (SSSR count). The van der Waals surface area contributed by atoms with Gasteiger partial charge in [-0.05, 0) is 0 Å². The summed E-state index contributed by atoms with van der Waals surface area (Å²) in [5, 5.41) is 0. The van der Waals surface area contributed by atoms with Gasteiger partial charge in [-0.3, -0.25) is 0 Å². The minimum absolute atomic E-state index is 0. The van der Waals surface area contributed by atoms with E-state index in [0.29, 0.717) is 0 Å². The van der Waals surface area contributed by atoms with Crippen molar-refractivity contribution in [3.05, 3.63) is 0 Å². The molecular weight excluding hydrogens is 347 g/mol. The summed E-state index contributed by atoms with van der Waals surface area (Å²) in [4.78, 5) is 0. The van der Waals surface area contributed by atoms with Gasteiger partial charge in [0.15, 0.2) is 0 Å². The Morgan fingerprint density at radius 1 is 1.25 bits per heavy atom. The van der Waals surface area contributed by atoms with Crippen molar-refractivity contribution < 1.29 is 52.7 Å². The Morgan fingerprint density at radius 2 is 1.25 bits per heavy atom. The fraction of sp³-hybridized carbons (Fsp3) is 0. The molecule has 0 saturated heterocycles. The fourth-order valence-electron chi connectivity index (χ4n) is 0. The van der Waals surface area contributed by atoms with Crippen LogP contribution in [0.3, 0.4) is 0 Å². The summed E-state index contributed by atoms with van der Waals surface area (Å²) >= 11 is 1.27. The van der Waals surface area contributed by atoms with Gasteiger partial charge < -0.3 is 0 Å². The molecule has 1 radical (unpaired) electrons. The molecule has 0 nitrogen and oxygen atoms in total. The first-order valence-corrected chi connectivity index (χ1v) is 6.71. The third-order valence-electron chi connectivity index (χ3n) is 0. The molecule has 0 amide bonds. The van der Waals surface area contributed by atoms with Crippen LogP contribution in [-0.4, -0.2) is 22.5 Å². The summed E-state index contributed by atoms with van der Waals surface area (Å²) < 4.78 is 0. The quantitative estimate of drug-likeness (QED) is 0.404. The molecule has 0 aromatic heterocycles. The van der Waals surface area contributed by atoms with E-state index in [0.717, 1.165) is 0 Å². The van der Waals surface area contributed by atoms with E-state index in [1.54, 1.807) is 0 Å². The molecule has 1 unspecified atom stereocenters. The average molecular weight is 352 g/mol. The Labute approximate surface area is 80.3 Å². The Hall–Kier alpha value is 2.96. The molecule has 0 saturated carbocycles. The van der Waals surface area contributed by atoms with Gasteiger partial charge >= 0.3 is 29.3 Å². The first kappa shape index (κ1) is 15.8. The molecule has 0 aromatic carbocycles. The molecule has 4 heavy (non-hydrogen) atoms. The van der Waals surface area contributed by atoms with Crippen LogP contribution in [0.15, 0.2) is 0 Å². The molecule has 0 spiro atoms. The molecule has 25 valence electrons. The van der Waals surface area contributed by atoms with E-state index in [9.17, 15) is 0 Å². The van der Waals surface area contributed by atoms with Gasteiger partial charge in [-0.2, -0.15) is 0 Å². The van der Waals surface area contributed by atoms with Crippen molar-refractivity contribution >= 4 is 29.3 Å². The molecule has 0 fully saturated rings. The van der Waals surface area contributed by atoms with E-state index in [1.807, 2.05) is 0 Å². The van der Waals surface area contributed by atoms with Crippen LogP contribution < -0.4 is 0 Å². The van der Waals surface area contributed by atoms with Gasteiger partial charge in [0.05, 0.1) is 0 Å². The molecule has 0 N–H and O–H groups in total. The van der Waals surface area contributed by atoms with E-state index < -0.39 is 0 Å². The third kappa shape index (κ3) is 8.88. The number of hydrogen-bond donors (Lipinski definition) is 0. The van der Waals surface area contributed by atoms with Crippen molar-refractivity contribution in [3.63, 3.8) is 0 Å². The molecular formula is H4FeLaPSb. The molecule has 4 heteroatoms. The summed E-state index contributed by atoms with van der Waals surface area (Å²) in [6.45, 7) is 2.55. The van der Waals surface area contributed by atoms with Crippen LogP contribution in [0.25, 0.3) is 0 Å². The van der Waals surface area contributed by atoms with Crippen LogP contribution in [-0.2, 0) is 17.1 Å². The Kier molecular flexibility index (Phi) is 65.9. The molecule has 0 aliphatic heterocycles. The van der Waals surface area contributed by atoms with Crippen molar-refractivity contribution in [2.24, 2.45) is 0 Å². The maximum absolute atomic E-state index is 2.55. The van der Waals surface area contributed by atoms with E-state index in [-0.39, 0.29) is 52.7 Å². The normalized spacial score (nSPS) is 1.50. The van der Waals surface area contributed by atoms with Crippen molar-refractivity contribution in [3.8, 4) is 0 Å². The van der Waals surface area contributed by atoms with Crippen molar-refractivity contribution in [1.29, 1.82) is 0 Å². The van der Waals surface area contributed by atoms with Gasteiger partial charge in [-0.1, -0.05) is 0 Å². The summed E-state index contributed by atoms with van der Waals surface area (Å²) in [7, 11) is 0. The van der Waals surface area contributed by atoms with E-state index in [2.05, 4.69) is 6.81 Å². The summed E-state index contributed by atoms with van der Waals surface area (Å²) in [6.07, 6.45) is 0. The van der Waals surface area contributed by atoms with Gasteiger partial charge in [0.25, 0.3) is 0 Å². The Morgan fingerprint density at radius 3 is 1.25 bits per heavy atom. The standard InChI is InChI=1S/Fe.La.H2P.Sb.2H/h;;1H2;;;/q;;-1;+1;;. The molecule has 0 aliphatic rings. The first-order valence-electron chi connectivity index (χ1n) is 0.333. The van der Waals surface area contributed by atoms with Gasteiger partial charge in [0.1, 0.15) is 0 Å². The van der Waals surface area contributed by atoms with E-state index in [4.69, 9.17) is 0 Å². The molecule has 0 bridgehead atoms. The monoisotopic (exact) mass is 351 g/mol. The first-order chi connectivity index (χ1) is 1.00. The fourth-order valence-corrected chi connectivity index (χ4v) is 0. The van der Waals surface area contributed by atoms with Crippen LogP contribution in [0.4, 0.5) is 0 Å². The molecule has 1 atom stereocenters. The Balaban J connectivity index is -0.00000000500. The molecule has 0 aliphatic carbocycles. The minimum atomic E-state index is 0. The van der Waals surface area contributed by atoms with Gasteiger partial charge in [0.2, 0.25) is 0 Å².